The van der Waals surface area contributed by atoms with Crippen molar-refractivity contribution in [2.24, 2.45) is 0 Å². The van der Waals surface area contributed by atoms with Crippen LogP contribution in [0.25, 0.3) is 0 Å². The molecule has 1 aromatic rings. The van der Waals surface area contributed by atoms with Gasteiger partial charge in [-0.15, -0.1) is 0 Å². The van der Waals surface area contributed by atoms with Gasteiger partial charge in [0, 0.05) is 11.1 Å². The molecule has 12 heavy (non-hydrogen) atoms. The molecule has 1 N–H and O–H groups in total. The fourth-order valence-corrected chi connectivity index (χ4v) is 1.33. The van der Waals surface area contributed by atoms with E-state index in [-0.39, 0.29) is 12.4 Å². The van der Waals surface area contributed by atoms with E-state index in [0.29, 0.717) is 18.4 Å². The number of benzene rings is 1. The van der Waals surface area contributed by atoms with Gasteiger partial charge in [-0.25, -0.2) is 4.39 Å². The summed E-state index contributed by atoms with van der Waals surface area (Å²) in [5.74, 6) is -0.210. The highest BCUT2D eigenvalue weighted by Gasteiger charge is 2.01. The van der Waals surface area contributed by atoms with Crippen molar-refractivity contribution in [2.45, 2.75) is 12.8 Å². The summed E-state index contributed by atoms with van der Waals surface area (Å²) >= 11 is 3.18. The maximum atomic E-state index is 13.1. The van der Waals surface area contributed by atoms with E-state index in [1.165, 1.54) is 6.07 Å². The highest BCUT2D eigenvalue weighted by molar-refractivity contribution is 9.10. The van der Waals surface area contributed by atoms with Crippen molar-refractivity contribution in [2.75, 3.05) is 6.61 Å². The molecule has 0 aliphatic heterocycles. The van der Waals surface area contributed by atoms with Crippen LogP contribution in [0.4, 0.5) is 4.39 Å². The minimum Gasteiger partial charge on any atom is -0.396 e. The van der Waals surface area contributed by atoms with Gasteiger partial charge in [-0.05, 0) is 30.5 Å². The fourth-order valence-electron chi connectivity index (χ4n) is 0.994. The molecule has 0 amide bonds. The summed E-state index contributed by atoms with van der Waals surface area (Å²) < 4.78 is 13.8. The van der Waals surface area contributed by atoms with Gasteiger partial charge in [-0.1, -0.05) is 22.0 Å². The van der Waals surface area contributed by atoms with Crippen LogP contribution in [0, 0.1) is 5.82 Å². The van der Waals surface area contributed by atoms with Gasteiger partial charge in [-0.3, -0.25) is 0 Å². The van der Waals surface area contributed by atoms with Gasteiger partial charge in [0.25, 0.3) is 0 Å². The number of halogens is 2. The fraction of sp³-hybridized carbons (Fsp3) is 0.333. The molecule has 1 nitrogen and oxygen atoms in total. The van der Waals surface area contributed by atoms with Gasteiger partial charge in [0.15, 0.2) is 0 Å². The second-order valence-corrected chi connectivity index (χ2v) is 3.48. The van der Waals surface area contributed by atoms with Crippen LogP contribution >= 0.6 is 15.9 Å². The molecule has 0 heterocycles. The molecule has 1 aromatic carbocycles. The Bertz CT molecular complexity index is 263. The summed E-state index contributed by atoms with van der Waals surface area (Å²) in [6, 6.07) is 4.97. The number of aliphatic hydroxyl groups is 1. The smallest absolute Gasteiger partial charge is 0.127 e. The maximum Gasteiger partial charge on any atom is 0.127 e. The molecule has 0 spiro atoms. The Morgan fingerprint density at radius 2 is 2.17 bits per heavy atom. The molecule has 0 fully saturated rings. The number of aliphatic hydroxyl groups excluding tert-OH is 1. The van der Waals surface area contributed by atoms with Crippen LogP contribution in [0.3, 0.4) is 0 Å². The molecule has 66 valence electrons. The topological polar surface area (TPSA) is 20.2 Å². The Labute approximate surface area is 79.4 Å². The normalized spacial score (nSPS) is 10.2. The van der Waals surface area contributed by atoms with Crippen LogP contribution in [-0.4, -0.2) is 11.7 Å². The third-order valence-corrected chi connectivity index (χ3v) is 2.11. The van der Waals surface area contributed by atoms with Crippen molar-refractivity contribution in [1.29, 1.82) is 0 Å². The Morgan fingerprint density at radius 3 is 2.75 bits per heavy atom. The Kier molecular flexibility index (Phi) is 3.69. The predicted octanol–water partition coefficient (Wildman–Crippen LogP) is 2.51. The molecule has 0 saturated heterocycles. The third kappa shape index (κ3) is 2.57. The van der Waals surface area contributed by atoms with Crippen molar-refractivity contribution in [3.8, 4) is 0 Å². The molecule has 0 aliphatic carbocycles. The van der Waals surface area contributed by atoms with E-state index >= 15 is 0 Å². The van der Waals surface area contributed by atoms with Crippen molar-refractivity contribution >= 4 is 15.9 Å². The van der Waals surface area contributed by atoms with Crippen molar-refractivity contribution in [1.82, 2.24) is 0 Å². The summed E-state index contributed by atoms with van der Waals surface area (Å²) in [5.41, 5.74) is 0.659. The third-order valence-electron chi connectivity index (χ3n) is 1.62. The highest BCUT2D eigenvalue weighted by atomic mass is 79.9. The lowest BCUT2D eigenvalue weighted by atomic mass is 10.1. The monoisotopic (exact) mass is 232 g/mol. The van der Waals surface area contributed by atoms with Crippen LogP contribution in [0.1, 0.15) is 12.0 Å². The molecule has 0 unspecified atom stereocenters. The van der Waals surface area contributed by atoms with E-state index in [0.717, 1.165) is 4.47 Å². The van der Waals surface area contributed by atoms with Gasteiger partial charge in [0.1, 0.15) is 5.82 Å². The van der Waals surface area contributed by atoms with E-state index in [2.05, 4.69) is 15.9 Å². The zero-order chi connectivity index (χ0) is 8.97. The molecule has 0 atom stereocenters. The van der Waals surface area contributed by atoms with E-state index in [1.807, 2.05) is 0 Å². The maximum absolute atomic E-state index is 13.1. The first kappa shape index (κ1) is 9.68. The van der Waals surface area contributed by atoms with E-state index < -0.39 is 0 Å². The quantitative estimate of drug-likeness (QED) is 0.850. The van der Waals surface area contributed by atoms with Gasteiger partial charge in [0.2, 0.25) is 0 Å². The summed E-state index contributed by atoms with van der Waals surface area (Å²) in [4.78, 5) is 0. The molecule has 0 saturated carbocycles. The largest absolute Gasteiger partial charge is 0.396 e. The number of hydrogen-bond acceptors (Lipinski definition) is 1. The van der Waals surface area contributed by atoms with Crippen molar-refractivity contribution < 1.29 is 9.50 Å². The lowest BCUT2D eigenvalue weighted by molar-refractivity contribution is 0.288. The van der Waals surface area contributed by atoms with E-state index in [4.69, 9.17) is 5.11 Å². The summed E-state index contributed by atoms with van der Waals surface area (Å²) in [7, 11) is 0. The van der Waals surface area contributed by atoms with Crippen LogP contribution in [0.15, 0.2) is 22.7 Å². The molecular formula is C9H10BrFO. The highest BCUT2D eigenvalue weighted by Crippen LogP contribution is 2.16. The number of rotatable bonds is 3. The summed E-state index contributed by atoms with van der Waals surface area (Å²) in [6.07, 6.45) is 1.20. The first-order valence-electron chi connectivity index (χ1n) is 3.79. The van der Waals surface area contributed by atoms with Crippen LogP contribution in [0.5, 0.6) is 0 Å². The zero-order valence-electron chi connectivity index (χ0n) is 6.56. The molecule has 3 heteroatoms. The first-order chi connectivity index (χ1) is 5.74. The van der Waals surface area contributed by atoms with Crippen LogP contribution in [0.2, 0.25) is 0 Å². The lowest BCUT2D eigenvalue weighted by Crippen LogP contribution is -1.93. The van der Waals surface area contributed by atoms with Gasteiger partial charge in [0.05, 0.1) is 0 Å². The number of aryl methyl sites for hydroxylation is 1. The first-order valence-corrected chi connectivity index (χ1v) is 4.58. The SMILES string of the molecule is OCCCc1ccc(Br)cc1F. The lowest BCUT2D eigenvalue weighted by Gasteiger charge is -2.01. The Balaban J connectivity index is 2.72. The molecule has 0 radical (unpaired) electrons. The molecular weight excluding hydrogens is 223 g/mol. The Morgan fingerprint density at radius 1 is 1.42 bits per heavy atom. The molecule has 0 aromatic heterocycles. The second kappa shape index (κ2) is 4.58. The zero-order valence-corrected chi connectivity index (χ0v) is 8.14. The molecule has 1 rings (SSSR count). The van der Waals surface area contributed by atoms with Crippen LogP contribution in [-0.2, 0) is 6.42 Å². The molecule has 0 bridgehead atoms. The van der Waals surface area contributed by atoms with E-state index in [1.54, 1.807) is 12.1 Å². The van der Waals surface area contributed by atoms with Gasteiger partial charge in [-0.2, -0.15) is 0 Å². The van der Waals surface area contributed by atoms with E-state index in [9.17, 15) is 4.39 Å². The minimum atomic E-state index is -0.210. The predicted molar refractivity (Wildman–Crippen MR) is 49.5 cm³/mol. The minimum absolute atomic E-state index is 0.107. The van der Waals surface area contributed by atoms with Crippen LogP contribution < -0.4 is 0 Å². The average molecular weight is 233 g/mol. The summed E-state index contributed by atoms with van der Waals surface area (Å²) in [5, 5.41) is 8.54. The van der Waals surface area contributed by atoms with Gasteiger partial charge >= 0.3 is 0 Å². The Hall–Kier alpha value is -0.410. The standard InChI is InChI=1S/C9H10BrFO/c10-8-4-3-7(2-1-5-12)9(11)6-8/h3-4,6,12H,1-2,5H2. The van der Waals surface area contributed by atoms with Crippen molar-refractivity contribution in [3.05, 3.63) is 34.1 Å². The second-order valence-electron chi connectivity index (χ2n) is 2.56. The van der Waals surface area contributed by atoms with Crippen molar-refractivity contribution in [3.63, 3.8) is 0 Å². The van der Waals surface area contributed by atoms with Gasteiger partial charge < -0.3 is 5.11 Å². The number of hydrogen-bond donors (Lipinski definition) is 1. The molecule has 0 aliphatic rings. The average Bonchev–Trinajstić information content (AvgIpc) is 2.03. The summed E-state index contributed by atoms with van der Waals surface area (Å²) in [6.45, 7) is 0.107.